The van der Waals surface area contributed by atoms with Crippen LogP contribution in [0.15, 0.2) is 55.0 Å². The first-order chi connectivity index (χ1) is 15.8. The number of nitrogens with zero attached hydrogens (tertiary/aromatic N) is 3. The summed E-state index contributed by atoms with van der Waals surface area (Å²) in [5.41, 5.74) is 5.76. The number of benzene rings is 1. The van der Waals surface area contributed by atoms with Crippen molar-refractivity contribution in [1.82, 2.24) is 15.0 Å². The second kappa shape index (κ2) is 13.8. The average Bonchev–Trinajstić information content (AvgIpc) is 2.85. The van der Waals surface area contributed by atoms with E-state index >= 15 is 0 Å². The second-order valence-corrected chi connectivity index (χ2v) is 8.87. The zero-order valence-corrected chi connectivity index (χ0v) is 20.0. The van der Waals surface area contributed by atoms with Crippen LogP contribution < -0.4 is 0 Å². The van der Waals surface area contributed by atoms with Crippen molar-refractivity contribution in [2.24, 2.45) is 0 Å². The van der Waals surface area contributed by atoms with Gasteiger partial charge in [-0.05, 0) is 42.9 Å². The van der Waals surface area contributed by atoms with Gasteiger partial charge in [0.05, 0.1) is 5.69 Å². The lowest BCUT2D eigenvalue weighted by atomic mass is 10.0. The maximum absolute atomic E-state index is 4.70. The lowest BCUT2D eigenvalue weighted by Gasteiger charge is -2.06. The Hall–Kier alpha value is -2.55. The average molecular weight is 430 g/mol. The molecule has 0 aliphatic heterocycles. The number of aromatic nitrogens is 3. The normalized spacial score (nSPS) is 11.1. The summed E-state index contributed by atoms with van der Waals surface area (Å²) < 4.78 is 0. The maximum atomic E-state index is 4.70. The molecule has 0 radical (unpaired) electrons. The molecule has 0 aliphatic rings. The van der Waals surface area contributed by atoms with Crippen LogP contribution >= 0.6 is 0 Å². The van der Waals surface area contributed by atoms with E-state index in [1.165, 1.54) is 75.3 Å². The van der Waals surface area contributed by atoms with Gasteiger partial charge in [0.25, 0.3) is 0 Å². The van der Waals surface area contributed by atoms with Gasteiger partial charge in [-0.3, -0.25) is 4.98 Å². The van der Waals surface area contributed by atoms with Gasteiger partial charge < -0.3 is 0 Å². The van der Waals surface area contributed by atoms with Crippen molar-refractivity contribution in [2.45, 2.75) is 90.9 Å². The van der Waals surface area contributed by atoms with E-state index in [4.69, 9.17) is 4.98 Å². The highest BCUT2D eigenvalue weighted by Crippen LogP contribution is 2.22. The van der Waals surface area contributed by atoms with E-state index in [2.05, 4.69) is 60.2 Å². The number of hydrogen-bond acceptors (Lipinski definition) is 3. The molecule has 32 heavy (non-hydrogen) atoms. The molecule has 0 N–H and O–H groups in total. The van der Waals surface area contributed by atoms with Crippen LogP contribution in [-0.2, 0) is 12.8 Å². The Morgan fingerprint density at radius 2 is 1.03 bits per heavy atom. The third-order valence-electron chi connectivity index (χ3n) is 6.11. The Morgan fingerprint density at radius 1 is 0.500 bits per heavy atom. The van der Waals surface area contributed by atoms with Crippen LogP contribution in [0.2, 0.25) is 0 Å². The van der Waals surface area contributed by atoms with Crippen molar-refractivity contribution in [3.8, 4) is 22.6 Å². The van der Waals surface area contributed by atoms with E-state index in [1.54, 1.807) is 0 Å². The Labute approximate surface area is 194 Å². The molecule has 3 aromatic rings. The number of hydrogen-bond donors (Lipinski definition) is 0. The van der Waals surface area contributed by atoms with Gasteiger partial charge in [0, 0.05) is 29.7 Å². The first-order valence-electron chi connectivity index (χ1n) is 12.7. The summed E-state index contributed by atoms with van der Waals surface area (Å²) in [6.07, 6.45) is 21.3. The van der Waals surface area contributed by atoms with Crippen LogP contribution in [0.4, 0.5) is 0 Å². The summed E-state index contributed by atoms with van der Waals surface area (Å²) in [7, 11) is 0. The van der Waals surface area contributed by atoms with Gasteiger partial charge in [0.15, 0.2) is 5.82 Å². The predicted molar refractivity (Wildman–Crippen MR) is 136 cm³/mol. The minimum absolute atomic E-state index is 0.788. The molecule has 0 amide bonds. The number of aryl methyl sites for hydroxylation is 2. The number of pyridine rings is 1. The Bertz CT molecular complexity index is 883. The standard InChI is InChI=1S/C29H39N3/c1-3-5-7-9-10-12-13-24-15-20-28(30-21-24)26-16-18-27(19-17-26)29-31-22-25(23-32-29)14-11-8-6-4-2/h15-23H,3-14H2,1-2H3. The van der Waals surface area contributed by atoms with Crippen LogP contribution in [0.3, 0.4) is 0 Å². The van der Waals surface area contributed by atoms with E-state index in [9.17, 15) is 0 Å². The van der Waals surface area contributed by atoms with Gasteiger partial charge in [-0.15, -0.1) is 0 Å². The highest BCUT2D eigenvalue weighted by atomic mass is 14.9. The lowest BCUT2D eigenvalue weighted by molar-refractivity contribution is 0.607. The second-order valence-electron chi connectivity index (χ2n) is 8.87. The molecule has 2 aromatic heterocycles. The minimum atomic E-state index is 0.788. The molecule has 3 heteroatoms. The van der Waals surface area contributed by atoms with Crippen LogP contribution in [0.5, 0.6) is 0 Å². The third-order valence-corrected chi connectivity index (χ3v) is 6.11. The van der Waals surface area contributed by atoms with E-state index in [-0.39, 0.29) is 0 Å². The first-order valence-corrected chi connectivity index (χ1v) is 12.7. The molecule has 0 unspecified atom stereocenters. The van der Waals surface area contributed by atoms with Crippen LogP contribution in [0.25, 0.3) is 22.6 Å². The van der Waals surface area contributed by atoms with Crippen molar-refractivity contribution in [2.75, 3.05) is 0 Å². The molecule has 1 aromatic carbocycles. The molecule has 0 saturated heterocycles. The quantitative estimate of drug-likeness (QED) is 0.242. The van der Waals surface area contributed by atoms with E-state index in [0.29, 0.717) is 0 Å². The fraction of sp³-hybridized carbons (Fsp3) is 0.483. The van der Waals surface area contributed by atoms with Crippen molar-refractivity contribution in [1.29, 1.82) is 0 Å². The summed E-state index contributed by atoms with van der Waals surface area (Å²) in [5, 5.41) is 0. The molecular weight excluding hydrogens is 390 g/mol. The number of unbranched alkanes of at least 4 members (excludes halogenated alkanes) is 8. The largest absolute Gasteiger partial charge is 0.256 e. The van der Waals surface area contributed by atoms with Crippen molar-refractivity contribution in [3.05, 3.63) is 66.1 Å². The molecule has 0 saturated carbocycles. The summed E-state index contributed by atoms with van der Waals surface area (Å²) in [6.45, 7) is 4.51. The smallest absolute Gasteiger partial charge is 0.159 e. The Balaban J connectivity index is 1.50. The SMILES string of the molecule is CCCCCCCCc1ccc(-c2ccc(-c3ncc(CCCCCC)cn3)cc2)nc1. The topological polar surface area (TPSA) is 38.7 Å². The van der Waals surface area contributed by atoms with Gasteiger partial charge in [-0.2, -0.15) is 0 Å². The third kappa shape index (κ3) is 7.85. The van der Waals surface area contributed by atoms with Gasteiger partial charge in [0.1, 0.15) is 0 Å². The molecule has 0 aliphatic carbocycles. The lowest BCUT2D eigenvalue weighted by Crippen LogP contribution is -1.93. The summed E-state index contributed by atoms with van der Waals surface area (Å²) in [6, 6.07) is 12.8. The molecule has 0 fully saturated rings. The highest BCUT2D eigenvalue weighted by Gasteiger charge is 2.05. The van der Waals surface area contributed by atoms with E-state index < -0.39 is 0 Å². The van der Waals surface area contributed by atoms with Gasteiger partial charge in [-0.1, -0.05) is 95.5 Å². The molecule has 170 valence electrons. The van der Waals surface area contributed by atoms with Gasteiger partial charge >= 0.3 is 0 Å². The summed E-state index contributed by atoms with van der Waals surface area (Å²) >= 11 is 0. The van der Waals surface area contributed by atoms with Crippen molar-refractivity contribution < 1.29 is 0 Å². The van der Waals surface area contributed by atoms with E-state index in [0.717, 1.165) is 35.5 Å². The monoisotopic (exact) mass is 429 g/mol. The zero-order chi connectivity index (χ0) is 22.4. The van der Waals surface area contributed by atoms with E-state index in [1.807, 2.05) is 18.6 Å². The molecule has 3 rings (SSSR count). The number of rotatable bonds is 14. The Morgan fingerprint density at radius 3 is 1.66 bits per heavy atom. The zero-order valence-electron chi connectivity index (χ0n) is 20.0. The fourth-order valence-corrected chi connectivity index (χ4v) is 4.03. The predicted octanol–water partition coefficient (Wildman–Crippen LogP) is 8.23. The van der Waals surface area contributed by atoms with Crippen LogP contribution in [0.1, 0.15) is 89.2 Å². The van der Waals surface area contributed by atoms with Crippen molar-refractivity contribution >= 4 is 0 Å². The molecular formula is C29H39N3. The molecule has 0 spiro atoms. The van der Waals surface area contributed by atoms with Gasteiger partial charge in [-0.25, -0.2) is 9.97 Å². The fourth-order valence-electron chi connectivity index (χ4n) is 4.03. The molecule has 2 heterocycles. The molecule has 0 atom stereocenters. The van der Waals surface area contributed by atoms with Gasteiger partial charge in [0.2, 0.25) is 0 Å². The Kier molecular flexibility index (Phi) is 10.4. The summed E-state index contributed by atoms with van der Waals surface area (Å²) in [4.78, 5) is 13.9. The highest BCUT2D eigenvalue weighted by molar-refractivity contribution is 5.65. The first kappa shape index (κ1) is 24.1. The maximum Gasteiger partial charge on any atom is 0.159 e. The minimum Gasteiger partial charge on any atom is -0.256 e. The molecule has 0 bridgehead atoms. The summed E-state index contributed by atoms with van der Waals surface area (Å²) in [5.74, 6) is 0.788. The van der Waals surface area contributed by atoms with Crippen molar-refractivity contribution in [3.63, 3.8) is 0 Å². The molecule has 3 nitrogen and oxygen atoms in total. The van der Waals surface area contributed by atoms with Crippen LogP contribution in [-0.4, -0.2) is 15.0 Å². The van der Waals surface area contributed by atoms with Crippen LogP contribution in [0, 0.1) is 0 Å².